The SMILES string of the molecule is Cc1nc(NC(=O)C23CC4CC(CC(C4)C2)C3)c(C)c(C(OC(C)(C)C)C(=O)O)c1-c1ccc2c(c1)CCCO2. The topological polar surface area (TPSA) is 97.8 Å². The molecule has 1 aliphatic heterocycles. The highest BCUT2D eigenvalue weighted by Gasteiger charge is 2.54. The molecule has 214 valence electrons. The van der Waals surface area contributed by atoms with Gasteiger partial charge in [0.05, 0.1) is 17.6 Å². The summed E-state index contributed by atoms with van der Waals surface area (Å²) in [6, 6.07) is 6.03. The number of hydrogen-bond acceptors (Lipinski definition) is 5. The number of carboxylic acids is 1. The first-order valence-electron chi connectivity index (χ1n) is 14.9. The summed E-state index contributed by atoms with van der Waals surface area (Å²) in [5.41, 5.74) is 3.57. The number of carboxylic acid groups (broad SMARTS) is 1. The second kappa shape index (κ2) is 9.86. The number of ether oxygens (including phenoxy) is 2. The van der Waals surface area contributed by atoms with Gasteiger partial charge in [-0.25, -0.2) is 9.78 Å². The molecule has 4 saturated carbocycles. The Morgan fingerprint density at radius 2 is 1.75 bits per heavy atom. The Morgan fingerprint density at radius 3 is 2.35 bits per heavy atom. The molecule has 7 rings (SSSR count). The molecule has 2 aromatic rings. The number of fused-ring (bicyclic) bond motifs is 1. The molecule has 2 N–H and O–H groups in total. The van der Waals surface area contributed by atoms with E-state index >= 15 is 0 Å². The van der Waals surface area contributed by atoms with E-state index < -0.39 is 17.7 Å². The maximum Gasteiger partial charge on any atom is 0.337 e. The lowest BCUT2D eigenvalue weighted by Gasteiger charge is -2.55. The molecule has 0 radical (unpaired) electrons. The van der Waals surface area contributed by atoms with E-state index in [4.69, 9.17) is 14.5 Å². The van der Waals surface area contributed by atoms with Crippen LogP contribution >= 0.6 is 0 Å². The van der Waals surface area contributed by atoms with Gasteiger partial charge in [-0.3, -0.25) is 4.79 Å². The average Bonchev–Trinajstić information content (AvgIpc) is 2.87. The Bertz CT molecular complexity index is 1320. The highest BCUT2D eigenvalue weighted by atomic mass is 16.5. The molecule has 4 aliphatic carbocycles. The molecule has 4 fully saturated rings. The summed E-state index contributed by atoms with van der Waals surface area (Å²) in [7, 11) is 0. The average molecular weight is 547 g/mol. The zero-order valence-electron chi connectivity index (χ0n) is 24.4. The van der Waals surface area contributed by atoms with Gasteiger partial charge in [-0.05, 0) is 133 Å². The minimum Gasteiger partial charge on any atom is -0.493 e. The second-order valence-corrected chi connectivity index (χ2v) is 13.8. The number of rotatable bonds is 6. The molecule has 1 amide bonds. The van der Waals surface area contributed by atoms with Crippen LogP contribution in [0.15, 0.2) is 18.2 Å². The normalized spacial score (nSPS) is 27.6. The number of nitrogens with zero attached hydrogens (tertiary/aromatic N) is 1. The first-order chi connectivity index (χ1) is 18.9. The van der Waals surface area contributed by atoms with Gasteiger partial charge in [0.25, 0.3) is 0 Å². The molecule has 5 aliphatic rings. The molecular formula is C33H42N2O5. The van der Waals surface area contributed by atoms with Crippen LogP contribution in [0.2, 0.25) is 0 Å². The van der Waals surface area contributed by atoms with E-state index in [9.17, 15) is 14.7 Å². The van der Waals surface area contributed by atoms with Crippen molar-refractivity contribution >= 4 is 17.7 Å². The van der Waals surface area contributed by atoms with Gasteiger partial charge >= 0.3 is 5.97 Å². The van der Waals surface area contributed by atoms with Crippen LogP contribution in [0.25, 0.3) is 11.1 Å². The van der Waals surface area contributed by atoms with Crippen LogP contribution in [0.1, 0.15) is 94.2 Å². The largest absolute Gasteiger partial charge is 0.493 e. The van der Waals surface area contributed by atoms with Gasteiger partial charge in [0.1, 0.15) is 11.6 Å². The minimum absolute atomic E-state index is 0.0508. The third-order valence-corrected chi connectivity index (χ3v) is 9.58. The summed E-state index contributed by atoms with van der Waals surface area (Å²) >= 11 is 0. The molecule has 40 heavy (non-hydrogen) atoms. The van der Waals surface area contributed by atoms with E-state index in [0.717, 1.165) is 54.5 Å². The van der Waals surface area contributed by atoms with E-state index in [1.807, 2.05) is 46.8 Å². The number of aliphatic carboxylic acids is 1. The van der Waals surface area contributed by atoms with Crippen LogP contribution in [0.4, 0.5) is 5.82 Å². The fourth-order valence-electron chi connectivity index (χ4n) is 8.36. The number of pyridine rings is 1. The molecule has 0 spiro atoms. The summed E-state index contributed by atoms with van der Waals surface area (Å²) in [5.74, 6) is 2.25. The predicted octanol–water partition coefficient (Wildman–Crippen LogP) is 6.79. The lowest BCUT2D eigenvalue weighted by atomic mass is 9.49. The molecule has 1 aromatic carbocycles. The maximum absolute atomic E-state index is 14.0. The predicted molar refractivity (Wildman–Crippen MR) is 153 cm³/mol. The van der Waals surface area contributed by atoms with Crippen LogP contribution in [0.3, 0.4) is 0 Å². The van der Waals surface area contributed by atoms with Crippen molar-refractivity contribution in [3.8, 4) is 16.9 Å². The summed E-state index contributed by atoms with van der Waals surface area (Å²) in [5, 5.41) is 13.7. The van der Waals surface area contributed by atoms with E-state index in [0.29, 0.717) is 47.0 Å². The fourth-order valence-corrected chi connectivity index (χ4v) is 8.36. The highest BCUT2D eigenvalue weighted by molar-refractivity contribution is 5.96. The number of amides is 1. The second-order valence-electron chi connectivity index (χ2n) is 13.8. The Labute approximate surface area is 237 Å². The number of carbonyl (C=O) groups excluding carboxylic acids is 1. The molecule has 7 nitrogen and oxygen atoms in total. The number of benzene rings is 1. The van der Waals surface area contributed by atoms with Crippen molar-refractivity contribution in [2.45, 2.75) is 97.7 Å². The fraction of sp³-hybridized carbons (Fsp3) is 0.606. The van der Waals surface area contributed by atoms with Crippen molar-refractivity contribution in [2.24, 2.45) is 23.2 Å². The summed E-state index contributed by atoms with van der Waals surface area (Å²) in [6.45, 7) is 10.0. The van der Waals surface area contributed by atoms with E-state index in [-0.39, 0.29) is 11.3 Å². The number of aromatic nitrogens is 1. The molecule has 1 unspecified atom stereocenters. The van der Waals surface area contributed by atoms with Gasteiger partial charge in [0.2, 0.25) is 5.91 Å². The first-order valence-corrected chi connectivity index (χ1v) is 14.9. The summed E-state index contributed by atoms with van der Waals surface area (Å²) in [6.07, 6.45) is 7.28. The number of aryl methyl sites for hydroxylation is 2. The van der Waals surface area contributed by atoms with Crippen LogP contribution in [0.5, 0.6) is 5.75 Å². The molecule has 4 bridgehead atoms. The first kappa shape index (κ1) is 27.3. The van der Waals surface area contributed by atoms with E-state index in [2.05, 4.69) is 11.4 Å². The van der Waals surface area contributed by atoms with Crippen molar-refractivity contribution in [3.05, 3.63) is 40.6 Å². The maximum atomic E-state index is 14.0. The Balaban J connectivity index is 1.44. The number of anilines is 1. The third-order valence-electron chi connectivity index (χ3n) is 9.58. The van der Waals surface area contributed by atoms with Gasteiger partial charge in [0, 0.05) is 16.8 Å². The van der Waals surface area contributed by atoms with Gasteiger partial charge in [-0.15, -0.1) is 0 Å². The zero-order valence-corrected chi connectivity index (χ0v) is 24.4. The number of nitrogens with one attached hydrogen (secondary N) is 1. The molecular weight excluding hydrogens is 504 g/mol. The Hall–Kier alpha value is -2.93. The zero-order chi connectivity index (χ0) is 28.4. The van der Waals surface area contributed by atoms with Crippen LogP contribution in [-0.2, 0) is 20.7 Å². The minimum atomic E-state index is -1.22. The summed E-state index contributed by atoms with van der Waals surface area (Å²) in [4.78, 5) is 31.7. The van der Waals surface area contributed by atoms with Crippen LogP contribution in [0, 0.1) is 37.0 Å². The van der Waals surface area contributed by atoms with Crippen molar-refractivity contribution in [3.63, 3.8) is 0 Å². The van der Waals surface area contributed by atoms with Crippen molar-refractivity contribution in [1.29, 1.82) is 0 Å². The number of hydrogen-bond donors (Lipinski definition) is 2. The molecule has 7 heteroatoms. The monoisotopic (exact) mass is 546 g/mol. The number of carbonyl (C=O) groups is 2. The van der Waals surface area contributed by atoms with Crippen molar-refractivity contribution in [2.75, 3.05) is 11.9 Å². The van der Waals surface area contributed by atoms with Crippen molar-refractivity contribution in [1.82, 2.24) is 4.98 Å². The van der Waals surface area contributed by atoms with Crippen LogP contribution < -0.4 is 10.1 Å². The molecule has 1 aromatic heterocycles. The Kier molecular flexibility index (Phi) is 6.72. The molecule has 1 atom stereocenters. The summed E-state index contributed by atoms with van der Waals surface area (Å²) < 4.78 is 12.0. The standard InChI is InChI=1S/C33H42N2O5/c1-18-26(28(30(36)37)40-32(3,4)5)27(24-8-9-25-23(14-24)7-6-10-39-25)19(2)34-29(18)35-31(38)33-15-20-11-21(16-33)13-22(12-20)17-33/h8-9,14,20-22,28H,6-7,10-13,15-17H2,1-5H3,(H,36,37)(H,34,35,38). The van der Waals surface area contributed by atoms with Crippen molar-refractivity contribution < 1.29 is 24.2 Å². The lowest BCUT2D eigenvalue weighted by molar-refractivity contribution is -0.160. The van der Waals surface area contributed by atoms with Gasteiger partial charge in [0.15, 0.2) is 6.10 Å². The third kappa shape index (κ3) is 4.91. The van der Waals surface area contributed by atoms with Gasteiger partial charge in [-0.1, -0.05) is 6.07 Å². The Morgan fingerprint density at radius 1 is 1.10 bits per heavy atom. The van der Waals surface area contributed by atoms with E-state index in [1.165, 1.54) is 19.3 Å². The lowest BCUT2D eigenvalue weighted by Crippen LogP contribution is -2.51. The smallest absolute Gasteiger partial charge is 0.337 e. The highest BCUT2D eigenvalue weighted by Crippen LogP contribution is 2.60. The van der Waals surface area contributed by atoms with Gasteiger partial charge in [-0.2, -0.15) is 0 Å². The molecule has 2 heterocycles. The van der Waals surface area contributed by atoms with Gasteiger partial charge < -0.3 is 19.9 Å². The quantitative estimate of drug-likeness (QED) is 0.414. The van der Waals surface area contributed by atoms with Crippen LogP contribution in [-0.4, -0.2) is 34.2 Å². The molecule has 0 saturated heterocycles. The van der Waals surface area contributed by atoms with E-state index in [1.54, 1.807) is 0 Å².